The van der Waals surface area contributed by atoms with Gasteiger partial charge in [-0.2, -0.15) is 0 Å². The van der Waals surface area contributed by atoms with Gasteiger partial charge in [-0.05, 0) is 60.5 Å². The van der Waals surface area contributed by atoms with Gasteiger partial charge in [0.25, 0.3) is 15.9 Å². The molecular weight excluding hydrogens is 435 g/mol. The number of hydrogen-bond donors (Lipinski definition) is 1. The Bertz CT molecular complexity index is 1290. The number of fused-ring (bicyclic) bond motifs is 1. The Labute approximate surface area is 185 Å². The molecule has 0 fully saturated rings. The number of halogens is 1. The van der Waals surface area contributed by atoms with E-state index in [9.17, 15) is 17.6 Å². The lowest BCUT2D eigenvalue weighted by Gasteiger charge is -2.18. The van der Waals surface area contributed by atoms with Crippen molar-refractivity contribution in [2.75, 3.05) is 18.6 Å². The molecule has 1 aliphatic rings. The van der Waals surface area contributed by atoms with Crippen LogP contribution in [0.4, 0.5) is 10.1 Å². The van der Waals surface area contributed by atoms with Crippen molar-refractivity contribution in [3.8, 4) is 11.5 Å². The van der Waals surface area contributed by atoms with Crippen LogP contribution >= 0.6 is 0 Å². The third kappa shape index (κ3) is 4.52. The molecule has 32 heavy (non-hydrogen) atoms. The Hall–Kier alpha value is -3.59. The van der Waals surface area contributed by atoms with E-state index in [0.717, 1.165) is 11.6 Å². The van der Waals surface area contributed by atoms with Crippen LogP contribution in [-0.4, -0.2) is 33.1 Å². The van der Waals surface area contributed by atoms with E-state index in [4.69, 9.17) is 9.47 Å². The zero-order valence-electron chi connectivity index (χ0n) is 17.5. The van der Waals surface area contributed by atoms with Crippen molar-refractivity contribution in [2.45, 2.75) is 18.4 Å². The molecule has 0 atom stereocenters. The summed E-state index contributed by atoms with van der Waals surface area (Å²) in [7, 11) is -2.36. The number of carbonyl (C=O) groups excluding carboxylic acids is 1. The summed E-state index contributed by atoms with van der Waals surface area (Å²) in [6, 6.07) is 15.3. The van der Waals surface area contributed by atoms with Gasteiger partial charge in [-0.15, -0.1) is 0 Å². The van der Waals surface area contributed by atoms with Crippen molar-refractivity contribution >= 4 is 21.6 Å². The minimum absolute atomic E-state index is 0.172. The van der Waals surface area contributed by atoms with Gasteiger partial charge in [0, 0.05) is 24.8 Å². The van der Waals surface area contributed by atoms with Crippen LogP contribution in [0.2, 0.25) is 0 Å². The molecule has 0 radical (unpaired) electrons. The molecule has 0 aromatic heterocycles. The highest BCUT2D eigenvalue weighted by molar-refractivity contribution is 7.92. The van der Waals surface area contributed by atoms with E-state index in [1.54, 1.807) is 32.2 Å². The summed E-state index contributed by atoms with van der Waals surface area (Å²) < 4.78 is 52.1. The zero-order valence-corrected chi connectivity index (χ0v) is 18.3. The zero-order chi connectivity index (χ0) is 22.9. The quantitative estimate of drug-likeness (QED) is 0.608. The predicted octanol–water partition coefficient (Wildman–Crippen LogP) is 3.94. The average molecular weight is 456 g/mol. The number of amides is 1. The molecule has 0 aliphatic carbocycles. The molecule has 4 rings (SSSR count). The van der Waals surface area contributed by atoms with Gasteiger partial charge >= 0.3 is 0 Å². The Morgan fingerprint density at radius 3 is 2.62 bits per heavy atom. The standard InChI is InChI=1S/C23H21FN2O5S/c1-15-6-8-19(12-20(15)24)32(28,29)25-18-5-3-4-17(11-18)23(27)26(2)13-16-7-9-21-22(10-16)31-14-30-21/h3-12,25H,13-14H2,1-2H3. The maximum Gasteiger partial charge on any atom is 0.261 e. The lowest BCUT2D eigenvalue weighted by Crippen LogP contribution is -2.26. The number of hydrogen-bond acceptors (Lipinski definition) is 5. The molecule has 0 bridgehead atoms. The summed E-state index contributed by atoms with van der Waals surface area (Å²) in [6.45, 7) is 2.05. The van der Waals surface area contributed by atoms with Crippen LogP contribution in [0, 0.1) is 12.7 Å². The molecule has 0 saturated carbocycles. The van der Waals surface area contributed by atoms with Crippen LogP contribution in [0.3, 0.4) is 0 Å². The molecule has 7 nitrogen and oxygen atoms in total. The smallest absolute Gasteiger partial charge is 0.261 e. The first kappa shape index (κ1) is 21.6. The van der Waals surface area contributed by atoms with E-state index >= 15 is 0 Å². The van der Waals surface area contributed by atoms with Gasteiger partial charge < -0.3 is 14.4 Å². The van der Waals surface area contributed by atoms with Crippen LogP contribution in [-0.2, 0) is 16.6 Å². The number of aryl methyl sites for hydroxylation is 1. The Morgan fingerprint density at radius 2 is 1.84 bits per heavy atom. The van der Waals surface area contributed by atoms with E-state index < -0.39 is 15.8 Å². The number of carbonyl (C=O) groups is 1. The molecule has 0 spiro atoms. The third-order valence-corrected chi connectivity index (χ3v) is 6.40. The van der Waals surface area contributed by atoms with E-state index in [1.807, 2.05) is 12.1 Å². The Morgan fingerprint density at radius 1 is 1.06 bits per heavy atom. The first-order valence-corrected chi connectivity index (χ1v) is 11.2. The minimum atomic E-state index is -4.01. The molecule has 0 saturated heterocycles. The summed E-state index contributed by atoms with van der Waals surface area (Å²) in [4.78, 5) is 14.2. The number of benzene rings is 3. The van der Waals surface area contributed by atoms with Crippen LogP contribution in [0.1, 0.15) is 21.5 Å². The number of sulfonamides is 1. The molecule has 1 aliphatic heterocycles. The topological polar surface area (TPSA) is 84.9 Å². The monoisotopic (exact) mass is 456 g/mol. The molecule has 3 aromatic rings. The summed E-state index contributed by atoms with van der Waals surface area (Å²) in [6.07, 6.45) is 0. The lowest BCUT2D eigenvalue weighted by molar-refractivity contribution is 0.0785. The van der Waals surface area contributed by atoms with Crippen molar-refractivity contribution in [1.82, 2.24) is 4.90 Å². The molecular formula is C23H21FN2O5S. The van der Waals surface area contributed by atoms with Crippen LogP contribution in [0.15, 0.2) is 65.6 Å². The molecule has 1 heterocycles. The third-order valence-electron chi connectivity index (χ3n) is 5.02. The molecule has 1 N–H and O–H groups in total. The molecule has 3 aromatic carbocycles. The molecule has 166 valence electrons. The van der Waals surface area contributed by atoms with Gasteiger partial charge in [0.15, 0.2) is 11.5 Å². The maximum atomic E-state index is 13.8. The van der Waals surface area contributed by atoms with E-state index in [2.05, 4.69) is 4.72 Å². The van der Waals surface area contributed by atoms with E-state index in [1.165, 1.54) is 29.2 Å². The fraction of sp³-hybridized carbons (Fsp3) is 0.174. The van der Waals surface area contributed by atoms with Crippen LogP contribution < -0.4 is 14.2 Å². The summed E-state index contributed by atoms with van der Waals surface area (Å²) in [5, 5.41) is 0. The fourth-order valence-corrected chi connectivity index (χ4v) is 4.34. The number of anilines is 1. The largest absolute Gasteiger partial charge is 0.454 e. The minimum Gasteiger partial charge on any atom is -0.454 e. The number of ether oxygens (including phenoxy) is 2. The molecule has 9 heteroatoms. The molecule has 1 amide bonds. The normalized spacial score (nSPS) is 12.5. The van der Waals surface area contributed by atoms with Gasteiger partial charge in [0.05, 0.1) is 4.90 Å². The average Bonchev–Trinajstić information content (AvgIpc) is 3.22. The van der Waals surface area contributed by atoms with E-state index in [-0.39, 0.29) is 23.3 Å². The van der Waals surface area contributed by atoms with Crippen molar-refractivity contribution in [1.29, 1.82) is 0 Å². The summed E-state index contributed by atoms with van der Waals surface area (Å²) >= 11 is 0. The second-order valence-corrected chi connectivity index (χ2v) is 9.13. The van der Waals surface area contributed by atoms with Crippen LogP contribution in [0.25, 0.3) is 0 Å². The fourth-order valence-electron chi connectivity index (χ4n) is 3.28. The maximum absolute atomic E-state index is 13.8. The number of nitrogens with zero attached hydrogens (tertiary/aromatic N) is 1. The SMILES string of the molecule is Cc1ccc(S(=O)(=O)Nc2cccc(C(=O)N(C)Cc3ccc4c(c3)OCO4)c2)cc1F. The summed E-state index contributed by atoms with van der Waals surface area (Å²) in [5.74, 6) is 0.399. The second-order valence-electron chi connectivity index (χ2n) is 7.45. The van der Waals surface area contributed by atoms with Gasteiger partial charge in [-0.1, -0.05) is 18.2 Å². The molecule has 0 unspecified atom stereocenters. The number of nitrogens with one attached hydrogen (secondary N) is 1. The summed E-state index contributed by atoms with van der Waals surface area (Å²) in [5.41, 5.74) is 1.72. The van der Waals surface area contributed by atoms with Gasteiger partial charge in [-0.3, -0.25) is 9.52 Å². The highest BCUT2D eigenvalue weighted by Gasteiger charge is 2.19. The first-order valence-electron chi connectivity index (χ1n) is 9.76. The van der Waals surface area contributed by atoms with Crippen molar-refractivity contribution in [3.63, 3.8) is 0 Å². The Kier molecular flexibility index (Phi) is 5.75. The van der Waals surface area contributed by atoms with Crippen molar-refractivity contribution in [2.24, 2.45) is 0 Å². The Balaban J connectivity index is 1.49. The van der Waals surface area contributed by atoms with E-state index in [0.29, 0.717) is 29.2 Å². The van der Waals surface area contributed by atoms with Gasteiger partial charge in [-0.25, -0.2) is 12.8 Å². The second kappa shape index (κ2) is 8.51. The highest BCUT2D eigenvalue weighted by atomic mass is 32.2. The van der Waals surface area contributed by atoms with Crippen LogP contribution in [0.5, 0.6) is 11.5 Å². The first-order chi connectivity index (χ1) is 15.2. The number of rotatable bonds is 6. The van der Waals surface area contributed by atoms with Gasteiger partial charge in [0.2, 0.25) is 6.79 Å². The lowest BCUT2D eigenvalue weighted by atomic mass is 10.1. The van der Waals surface area contributed by atoms with Gasteiger partial charge in [0.1, 0.15) is 5.82 Å². The van der Waals surface area contributed by atoms with Crippen molar-refractivity contribution < 1.29 is 27.1 Å². The van der Waals surface area contributed by atoms with Crippen molar-refractivity contribution in [3.05, 3.63) is 83.2 Å². The highest BCUT2D eigenvalue weighted by Crippen LogP contribution is 2.32. The predicted molar refractivity (Wildman–Crippen MR) is 117 cm³/mol.